The lowest BCUT2D eigenvalue weighted by molar-refractivity contribution is 0.358. The molecule has 0 aliphatic heterocycles. The summed E-state index contributed by atoms with van der Waals surface area (Å²) in [7, 11) is 3.77. The van der Waals surface area contributed by atoms with Gasteiger partial charge >= 0.3 is 0 Å². The number of anilines is 1. The van der Waals surface area contributed by atoms with E-state index in [1.54, 1.807) is 0 Å². The molecule has 0 aliphatic rings. The standard InChI is InChI=1S/C9H18N4O/c1-5-7(2)10-6-8-11-9(12-14-8)13(3)4/h7,10H,5-6H2,1-4H3. The summed E-state index contributed by atoms with van der Waals surface area (Å²) in [5.74, 6) is 1.25. The summed E-state index contributed by atoms with van der Waals surface area (Å²) in [6, 6.07) is 0.477. The third kappa shape index (κ3) is 2.99. The lowest BCUT2D eigenvalue weighted by atomic mass is 10.3. The van der Waals surface area contributed by atoms with Crippen LogP contribution in [0.4, 0.5) is 5.95 Å². The van der Waals surface area contributed by atoms with Gasteiger partial charge in [0.1, 0.15) is 0 Å². The van der Waals surface area contributed by atoms with E-state index in [0.717, 1.165) is 6.42 Å². The fraction of sp³-hybridized carbons (Fsp3) is 0.778. The van der Waals surface area contributed by atoms with E-state index in [1.807, 2.05) is 19.0 Å². The van der Waals surface area contributed by atoms with Crippen LogP contribution >= 0.6 is 0 Å². The van der Waals surface area contributed by atoms with E-state index in [2.05, 4.69) is 29.3 Å². The Morgan fingerprint density at radius 3 is 2.71 bits per heavy atom. The van der Waals surface area contributed by atoms with Crippen LogP contribution in [0.15, 0.2) is 4.52 Å². The predicted octanol–water partition coefficient (Wildman–Crippen LogP) is 1.02. The molecule has 0 amide bonds. The van der Waals surface area contributed by atoms with Crippen molar-refractivity contribution in [3.05, 3.63) is 5.89 Å². The first kappa shape index (κ1) is 11.0. The van der Waals surface area contributed by atoms with Gasteiger partial charge in [-0.05, 0) is 18.5 Å². The zero-order chi connectivity index (χ0) is 10.6. The molecule has 0 spiro atoms. The van der Waals surface area contributed by atoms with Crippen LogP contribution in [0.3, 0.4) is 0 Å². The Balaban J connectivity index is 2.44. The summed E-state index contributed by atoms with van der Waals surface area (Å²) in [5.41, 5.74) is 0. The largest absolute Gasteiger partial charge is 0.344 e. The Kier molecular flexibility index (Phi) is 3.88. The van der Waals surface area contributed by atoms with Gasteiger partial charge in [-0.25, -0.2) is 0 Å². The van der Waals surface area contributed by atoms with Crippen molar-refractivity contribution in [2.75, 3.05) is 19.0 Å². The molecule has 1 aromatic rings. The van der Waals surface area contributed by atoms with Crippen LogP contribution in [0, 0.1) is 0 Å². The zero-order valence-corrected chi connectivity index (χ0v) is 9.24. The van der Waals surface area contributed by atoms with Crippen LogP contribution in [-0.2, 0) is 6.54 Å². The number of hydrogen-bond donors (Lipinski definition) is 1. The minimum Gasteiger partial charge on any atom is -0.344 e. The van der Waals surface area contributed by atoms with Crippen LogP contribution in [0.1, 0.15) is 26.2 Å². The molecule has 1 rings (SSSR count). The van der Waals surface area contributed by atoms with E-state index >= 15 is 0 Å². The molecule has 0 saturated heterocycles. The molecule has 5 heteroatoms. The van der Waals surface area contributed by atoms with Gasteiger partial charge in [-0.3, -0.25) is 0 Å². The molecule has 1 unspecified atom stereocenters. The minimum atomic E-state index is 0.477. The summed E-state index contributed by atoms with van der Waals surface area (Å²) >= 11 is 0. The van der Waals surface area contributed by atoms with E-state index in [1.165, 1.54) is 0 Å². The molecule has 0 saturated carbocycles. The normalized spacial score (nSPS) is 12.9. The molecule has 80 valence electrons. The van der Waals surface area contributed by atoms with Gasteiger partial charge in [0, 0.05) is 20.1 Å². The number of nitrogens with one attached hydrogen (secondary N) is 1. The second kappa shape index (κ2) is 4.95. The molecular formula is C9H18N4O. The molecule has 1 heterocycles. The van der Waals surface area contributed by atoms with Gasteiger partial charge in [0.25, 0.3) is 5.95 Å². The van der Waals surface area contributed by atoms with Crippen molar-refractivity contribution < 1.29 is 4.52 Å². The highest BCUT2D eigenvalue weighted by Gasteiger charge is 2.07. The Labute approximate surface area is 84.5 Å². The Bertz CT molecular complexity index is 272. The third-order valence-electron chi connectivity index (χ3n) is 2.07. The predicted molar refractivity (Wildman–Crippen MR) is 55.2 cm³/mol. The van der Waals surface area contributed by atoms with Crippen LogP contribution in [0.5, 0.6) is 0 Å². The van der Waals surface area contributed by atoms with Crippen molar-refractivity contribution in [1.82, 2.24) is 15.5 Å². The number of nitrogens with zero attached hydrogens (tertiary/aromatic N) is 3. The van der Waals surface area contributed by atoms with Crippen molar-refractivity contribution in [3.63, 3.8) is 0 Å². The number of aromatic nitrogens is 2. The lowest BCUT2D eigenvalue weighted by Gasteiger charge is -2.07. The molecule has 0 aliphatic carbocycles. The molecule has 0 radical (unpaired) electrons. The number of rotatable bonds is 5. The van der Waals surface area contributed by atoms with Crippen molar-refractivity contribution in [1.29, 1.82) is 0 Å². The molecular weight excluding hydrogens is 180 g/mol. The SMILES string of the molecule is CCC(C)NCc1nc(N(C)C)no1. The summed E-state index contributed by atoms with van der Waals surface area (Å²) in [6.45, 7) is 4.90. The second-order valence-corrected chi connectivity index (χ2v) is 3.57. The third-order valence-corrected chi connectivity index (χ3v) is 2.07. The molecule has 14 heavy (non-hydrogen) atoms. The van der Waals surface area contributed by atoms with E-state index < -0.39 is 0 Å². The minimum absolute atomic E-state index is 0.477. The van der Waals surface area contributed by atoms with Crippen molar-refractivity contribution in [3.8, 4) is 0 Å². The van der Waals surface area contributed by atoms with Crippen LogP contribution in [0.2, 0.25) is 0 Å². The highest BCUT2D eigenvalue weighted by Crippen LogP contribution is 2.05. The van der Waals surface area contributed by atoms with Crippen LogP contribution < -0.4 is 10.2 Å². The molecule has 0 fully saturated rings. The van der Waals surface area contributed by atoms with Crippen LogP contribution in [-0.4, -0.2) is 30.3 Å². The summed E-state index contributed by atoms with van der Waals surface area (Å²) in [5, 5.41) is 7.11. The Morgan fingerprint density at radius 1 is 1.50 bits per heavy atom. The van der Waals surface area contributed by atoms with Crippen molar-refractivity contribution >= 4 is 5.95 Å². The van der Waals surface area contributed by atoms with Gasteiger partial charge in [-0.1, -0.05) is 6.92 Å². The molecule has 1 N–H and O–H groups in total. The molecule has 0 bridgehead atoms. The van der Waals surface area contributed by atoms with Crippen molar-refractivity contribution in [2.24, 2.45) is 0 Å². The molecule has 1 atom stereocenters. The molecule has 1 aromatic heterocycles. The van der Waals surface area contributed by atoms with Gasteiger partial charge in [0.2, 0.25) is 5.89 Å². The van der Waals surface area contributed by atoms with E-state index in [-0.39, 0.29) is 0 Å². The summed E-state index contributed by atoms with van der Waals surface area (Å²) in [4.78, 5) is 6.02. The first-order valence-corrected chi connectivity index (χ1v) is 4.86. The Hall–Kier alpha value is -1.10. The van der Waals surface area contributed by atoms with Gasteiger partial charge in [-0.2, -0.15) is 4.98 Å². The van der Waals surface area contributed by atoms with E-state index in [9.17, 15) is 0 Å². The average molecular weight is 198 g/mol. The lowest BCUT2D eigenvalue weighted by Crippen LogP contribution is -2.24. The van der Waals surface area contributed by atoms with Gasteiger partial charge in [0.05, 0.1) is 6.54 Å². The van der Waals surface area contributed by atoms with Crippen LogP contribution in [0.25, 0.3) is 0 Å². The van der Waals surface area contributed by atoms with E-state index in [4.69, 9.17) is 4.52 Å². The van der Waals surface area contributed by atoms with Crippen molar-refractivity contribution in [2.45, 2.75) is 32.9 Å². The van der Waals surface area contributed by atoms with Gasteiger partial charge < -0.3 is 14.7 Å². The first-order chi connectivity index (χ1) is 6.63. The fourth-order valence-corrected chi connectivity index (χ4v) is 0.905. The first-order valence-electron chi connectivity index (χ1n) is 4.86. The molecule has 0 aromatic carbocycles. The van der Waals surface area contributed by atoms with E-state index in [0.29, 0.717) is 24.4 Å². The zero-order valence-electron chi connectivity index (χ0n) is 9.24. The highest BCUT2D eigenvalue weighted by atomic mass is 16.5. The quantitative estimate of drug-likeness (QED) is 0.765. The summed E-state index contributed by atoms with van der Waals surface area (Å²) < 4.78 is 5.06. The molecule has 5 nitrogen and oxygen atoms in total. The monoisotopic (exact) mass is 198 g/mol. The van der Waals surface area contributed by atoms with Gasteiger partial charge in [-0.15, -0.1) is 0 Å². The summed E-state index contributed by atoms with van der Waals surface area (Å²) in [6.07, 6.45) is 1.09. The fourth-order valence-electron chi connectivity index (χ4n) is 0.905. The number of hydrogen-bond acceptors (Lipinski definition) is 5. The maximum atomic E-state index is 5.06. The van der Waals surface area contributed by atoms with Gasteiger partial charge in [0.15, 0.2) is 0 Å². The highest BCUT2D eigenvalue weighted by molar-refractivity contribution is 5.23. The topological polar surface area (TPSA) is 54.2 Å². The second-order valence-electron chi connectivity index (χ2n) is 3.57. The Morgan fingerprint density at radius 2 is 2.21 bits per heavy atom. The maximum Gasteiger partial charge on any atom is 0.265 e. The maximum absolute atomic E-state index is 5.06. The smallest absolute Gasteiger partial charge is 0.265 e. The average Bonchev–Trinajstić information content (AvgIpc) is 2.62.